The van der Waals surface area contributed by atoms with Gasteiger partial charge in [0.05, 0.1) is 51.8 Å². The van der Waals surface area contributed by atoms with E-state index in [2.05, 4.69) is 15.1 Å². The fraction of sp³-hybridized carbons (Fsp3) is 0.174. The summed E-state index contributed by atoms with van der Waals surface area (Å²) in [4.78, 5) is 35.7. The molecular weight excluding hydrogens is 463 g/mol. The van der Waals surface area contributed by atoms with Crippen LogP contribution in [0.5, 0.6) is 0 Å². The lowest BCUT2D eigenvalue weighted by atomic mass is 10.0. The van der Waals surface area contributed by atoms with Crippen molar-refractivity contribution < 1.29 is 9.59 Å². The van der Waals surface area contributed by atoms with Crippen molar-refractivity contribution >= 4 is 46.0 Å². The van der Waals surface area contributed by atoms with Crippen LogP contribution in [0.3, 0.4) is 0 Å². The number of nitrogens with two attached hydrogens (primary N) is 1. The lowest BCUT2D eigenvalue weighted by molar-refractivity contribution is -0.132. The summed E-state index contributed by atoms with van der Waals surface area (Å²) in [6.07, 6.45) is 3.47. The van der Waals surface area contributed by atoms with E-state index in [9.17, 15) is 9.59 Å². The van der Waals surface area contributed by atoms with E-state index < -0.39 is 5.91 Å². The smallest absolute Gasteiger partial charge is 0.252 e. The molecule has 166 valence electrons. The van der Waals surface area contributed by atoms with Crippen LogP contribution in [0.15, 0.2) is 48.8 Å². The van der Waals surface area contributed by atoms with E-state index in [1.54, 1.807) is 40.2 Å². The van der Waals surface area contributed by atoms with Crippen LogP contribution < -0.4 is 5.73 Å². The monoisotopic (exact) mass is 480 g/mol. The molecule has 8 nitrogen and oxygen atoms in total. The molecule has 0 saturated heterocycles. The van der Waals surface area contributed by atoms with Crippen LogP contribution in [-0.4, -0.2) is 43.0 Å². The summed E-state index contributed by atoms with van der Waals surface area (Å²) < 4.78 is 1.73. The molecule has 5 rings (SSSR count). The average molecular weight is 481 g/mol. The first kappa shape index (κ1) is 21.4. The Morgan fingerprint density at radius 1 is 0.970 bits per heavy atom. The molecule has 10 heteroatoms. The highest BCUT2D eigenvalue weighted by molar-refractivity contribution is 6.42. The number of hydrogen-bond donors (Lipinski definition) is 1. The fourth-order valence-corrected chi connectivity index (χ4v) is 4.34. The maximum absolute atomic E-state index is 13.1. The first-order valence-electron chi connectivity index (χ1n) is 10.2. The van der Waals surface area contributed by atoms with Crippen molar-refractivity contribution in [3.05, 3.63) is 75.7 Å². The number of carbonyl (C=O) groups excluding carboxylic acids is 2. The molecule has 0 fully saturated rings. The summed E-state index contributed by atoms with van der Waals surface area (Å²) in [7, 11) is 0. The number of rotatable bonds is 4. The second-order valence-electron chi connectivity index (χ2n) is 7.76. The zero-order valence-corrected chi connectivity index (χ0v) is 18.8. The molecule has 2 N–H and O–H groups in total. The SMILES string of the molecule is NC(=O)c1c(-c2ccc(Cl)c(Cl)c2)nn2c1CN(C(=O)Cc1ccc3nccnc3c1)CC2. The van der Waals surface area contributed by atoms with E-state index in [1.165, 1.54) is 0 Å². The molecule has 0 aliphatic carbocycles. The minimum absolute atomic E-state index is 0.0581. The van der Waals surface area contributed by atoms with E-state index in [0.29, 0.717) is 40.1 Å². The van der Waals surface area contributed by atoms with Gasteiger partial charge in [-0.05, 0) is 29.8 Å². The number of primary amides is 1. The summed E-state index contributed by atoms with van der Waals surface area (Å²) in [5, 5.41) is 5.34. The molecule has 1 aliphatic rings. The Hall–Kier alpha value is -3.49. The third-order valence-electron chi connectivity index (χ3n) is 5.66. The second kappa shape index (κ2) is 8.46. The van der Waals surface area contributed by atoms with Gasteiger partial charge in [0.15, 0.2) is 0 Å². The summed E-state index contributed by atoms with van der Waals surface area (Å²) in [6, 6.07) is 10.6. The lowest BCUT2D eigenvalue weighted by Crippen LogP contribution is -2.40. The van der Waals surface area contributed by atoms with Crippen molar-refractivity contribution in [1.82, 2.24) is 24.6 Å². The summed E-state index contributed by atoms with van der Waals surface area (Å²) >= 11 is 12.2. The number of benzene rings is 2. The molecule has 2 amide bonds. The highest BCUT2D eigenvalue weighted by Gasteiger charge is 2.29. The Morgan fingerprint density at radius 2 is 1.76 bits per heavy atom. The molecule has 2 aromatic heterocycles. The van der Waals surface area contributed by atoms with Crippen molar-refractivity contribution in [2.75, 3.05) is 6.54 Å². The molecule has 0 radical (unpaired) electrons. The van der Waals surface area contributed by atoms with Gasteiger partial charge in [0.25, 0.3) is 5.91 Å². The van der Waals surface area contributed by atoms with E-state index in [4.69, 9.17) is 28.9 Å². The largest absolute Gasteiger partial charge is 0.365 e. The topological polar surface area (TPSA) is 107 Å². The van der Waals surface area contributed by atoms with Crippen LogP contribution in [0.1, 0.15) is 21.6 Å². The van der Waals surface area contributed by atoms with Gasteiger partial charge in [0, 0.05) is 24.5 Å². The number of aromatic nitrogens is 4. The number of amides is 2. The van der Waals surface area contributed by atoms with Crippen molar-refractivity contribution in [3.63, 3.8) is 0 Å². The lowest BCUT2D eigenvalue weighted by Gasteiger charge is -2.28. The highest BCUT2D eigenvalue weighted by atomic mass is 35.5. The molecule has 2 aromatic carbocycles. The van der Waals surface area contributed by atoms with Gasteiger partial charge in [-0.2, -0.15) is 5.10 Å². The van der Waals surface area contributed by atoms with Gasteiger partial charge in [-0.15, -0.1) is 0 Å². The molecular formula is C23H18Cl2N6O2. The van der Waals surface area contributed by atoms with Gasteiger partial charge in [0.1, 0.15) is 5.69 Å². The molecule has 4 aromatic rings. The molecule has 1 aliphatic heterocycles. The van der Waals surface area contributed by atoms with E-state index >= 15 is 0 Å². The Labute approximate surface area is 198 Å². The van der Waals surface area contributed by atoms with Gasteiger partial charge >= 0.3 is 0 Å². The van der Waals surface area contributed by atoms with Crippen LogP contribution in [0.4, 0.5) is 0 Å². The van der Waals surface area contributed by atoms with Crippen LogP contribution in [0.25, 0.3) is 22.3 Å². The molecule has 0 unspecified atom stereocenters. The minimum Gasteiger partial charge on any atom is -0.365 e. The molecule has 33 heavy (non-hydrogen) atoms. The quantitative estimate of drug-likeness (QED) is 0.480. The van der Waals surface area contributed by atoms with Crippen LogP contribution in [0.2, 0.25) is 10.0 Å². The molecule has 0 spiro atoms. The molecule has 0 bridgehead atoms. The van der Waals surface area contributed by atoms with Gasteiger partial charge in [-0.25, -0.2) is 0 Å². The van der Waals surface area contributed by atoms with Crippen LogP contribution in [-0.2, 0) is 24.3 Å². The molecule has 0 saturated carbocycles. The van der Waals surface area contributed by atoms with Crippen molar-refractivity contribution in [1.29, 1.82) is 0 Å². The predicted octanol–water partition coefficient (Wildman–Crippen LogP) is 3.48. The average Bonchev–Trinajstić information content (AvgIpc) is 3.20. The van der Waals surface area contributed by atoms with Gasteiger partial charge in [-0.1, -0.05) is 35.3 Å². The van der Waals surface area contributed by atoms with Crippen molar-refractivity contribution in [3.8, 4) is 11.3 Å². The Morgan fingerprint density at radius 3 is 2.52 bits per heavy atom. The maximum atomic E-state index is 13.1. The van der Waals surface area contributed by atoms with E-state index in [0.717, 1.165) is 16.6 Å². The number of carbonyl (C=O) groups is 2. The Bertz CT molecular complexity index is 1420. The zero-order valence-electron chi connectivity index (χ0n) is 17.3. The highest BCUT2D eigenvalue weighted by Crippen LogP contribution is 2.32. The summed E-state index contributed by atoms with van der Waals surface area (Å²) in [6.45, 7) is 1.16. The molecule has 3 heterocycles. The number of fused-ring (bicyclic) bond motifs is 2. The minimum atomic E-state index is -0.611. The maximum Gasteiger partial charge on any atom is 0.252 e. The third kappa shape index (κ3) is 4.03. The van der Waals surface area contributed by atoms with Crippen LogP contribution in [0, 0.1) is 0 Å². The van der Waals surface area contributed by atoms with Gasteiger partial charge in [0.2, 0.25) is 5.91 Å². The van der Waals surface area contributed by atoms with Gasteiger partial charge < -0.3 is 10.6 Å². The predicted molar refractivity (Wildman–Crippen MR) is 125 cm³/mol. The van der Waals surface area contributed by atoms with Crippen LogP contribution >= 0.6 is 23.2 Å². The van der Waals surface area contributed by atoms with E-state index in [-0.39, 0.29) is 24.4 Å². The Balaban J connectivity index is 1.42. The fourth-order valence-electron chi connectivity index (χ4n) is 4.04. The van der Waals surface area contributed by atoms with E-state index in [1.807, 2.05) is 18.2 Å². The number of nitrogens with zero attached hydrogens (tertiary/aromatic N) is 5. The number of hydrogen-bond acceptors (Lipinski definition) is 5. The first-order valence-corrected chi connectivity index (χ1v) is 11.0. The van der Waals surface area contributed by atoms with Crippen molar-refractivity contribution in [2.45, 2.75) is 19.5 Å². The normalized spacial score (nSPS) is 13.2. The Kier molecular flexibility index (Phi) is 5.47. The zero-order chi connectivity index (χ0) is 23.1. The summed E-state index contributed by atoms with van der Waals surface area (Å²) in [5.41, 5.74) is 10.0. The first-order chi connectivity index (χ1) is 15.9. The van der Waals surface area contributed by atoms with Crippen molar-refractivity contribution in [2.24, 2.45) is 5.73 Å². The third-order valence-corrected chi connectivity index (χ3v) is 6.40. The number of halogens is 2. The van der Waals surface area contributed by atoms with Gasteiger partial charge in [-0.3, -0.25) is 24.2 Å². The summed E-state index contributed by atoms with van der Waals surface area (Å²) in [5.74, 6) is -0.670. The standard InChI is InChI=1S/C23H18Cl2N6O2/c24-15-3-2-14(11-16(15)25)22-21(23(26)33)19-12-30(7-8-31(19)29-22)20(32)10-13-1-4-17-18(9-13)28-6-5-27-17/h1-6,9,11H,7-8,10,12H2,(H2,26,33). The second-order valence-corrected chi connectivity index (χ2v) is 8.57. The molecule has 0 atom stereocenters.